The van der Waals surface area contributed by atoms with Crippen LogP contribution in [0.4, 0.5) is 8.78 Å². The summed E-state index contributed by atoms with van der Waals surface area (Å²) in [5.41, 5.74) is 0. The Hall–Kier alpha value is -0.180. The van der Waals surface area contributed by atoms with E-state index < -0.39 is 11.8 Å². The Balaban J connectivity index is 2.52. The summed E-state index contributed by atoms with van der Waals surface area (Å²) in [6.07, 6.45) is 1.15. The molecule has 0 bridgehead atoms. The Kier molecular flexibility index (Phi) is 2.47. The standard InChI is InChI=1S/C8H14F2O/c1-6-2-3-7(5-11)4-8(6,9)10/h6-7,11H,2-5H2,1H3/t6-,7-/m1/s1. The maximum absolute atomic E-state index is 12.9. The SMILES string of the molecule is C[C@@H]1CC[C@@H](CO)CC1(F)F. The number of aliphatic hydroxyl groups excluding tert-OH is 1. The molecule has 0 unspecified atom stereocenters. The van der Waals surface area contributed by atoms with E-state index >= 15 is 0 Å². The lowest BCUT2D eigenvalue weighted by Crippen LogP contribution is -2.35. The molecule has 1 saturated carbocycles. The number of alkyl halides is 2. The van der Waals surface area contributed by atoms with Gasteiger partial charge in [-0.2, -0.15) is 0 Å². The Labute approximate surface area is 65.4 Å². The first-order valence-corrected chi connectivity index (χ1v) is 4.05. The van der Waals surface area contributed by atoms with Crippen molar-refractivity contribution < 1.29 is 13.9 Å². The fourth-order valence-electron chi connectivity index (χ4n) is 1.54. The van der Waals surface area contributed by atoms with Gasteiger partial charge in [-0.05, 0) is 18.8 Å². The van der Waals surface area contributed by atoms with Gasteiger partial charge in [0.25, 0.3) is 5.92 Å². The summed E-state index contributed by atoms with van der Waals surface area (Å²) in [5, 5.41) is 8.68. The largest absolute Gasteiger partial charge is 0.396 e. The van der Waals surface area contributed by atoms with E-state index in [4.69, 9.17) is 5.11 Å². The molecule has 1 rings (SSSR count). The molecule has 66 valence electrons. The minimum Gasteiger partial charge on any atom is -0.396 e. The quantitative estimate of drug-likeness (QED) is 0.628. The molecule has 1 nitrogen and oxygen atoms in total. The Morgan fingerprint density at radius 2 is 2.09 bits per heavy atom. The zero-order valence-corrected chi connectivity index (χ0v) is 6.69. The molecule has 0 spiro atoms. The van der Waals surface area contributed by atoms with Crippen LogP contribution in [0.2, 0.25) is 0 Å². The molecule has 0 radical (unpaired) electrons. The van der Waals surface area contributed by atoms with Crippen molar-refractivity contribution in [3.8, 4) is 0 Å². The first-order chi connectivity index (χ1) is 5.06. The Morgan fingerprint density at radius 1 is 1.45 bits per heavy atom. The Bertz CT molecular complexity index is 136. The van der Waals surface area contributed by atoms with Gasteiger partial charge in [0.15, 0.2) is 0 Å². The average molecular weight is 164 g/mol. The molecule has 0 saturated heterocycles. The fraction of sp³-hybridized carbons (Fsp3) is 1.00. The molecule has 0 aliphatic heterocycles. The van der Waals surface area contributed by atoms with Crippen LogP contribution in [0.3, 0.4) is 0 Å². The molecule has 11 heavy (non-hydrogen) atoms. The van der Waals surface area contributed by atoms with Crippen molar-refractivity contribution in [2.24, 2.45) is 11.8 Å². The van der Waals surface area contributed by atoms with Crippen molar-refractivity contribution in [2.75, 3.05) is 6.61 Å². The summed E-state index contributed by atoms with van der Waals surface area (Å²) in [7, 11) is 0. The van der Waals surface area contributed by atoms with Crippen LogP contribution in [0.5, 0.6) is 0 Å². The monoisotopic (exact) mass is 164 g/mol. The lowest BCUT2D eigenvalue weighted by atomic mass is 9.80. The third-order valence-corrected chi connectivity index (χ3v) is 2.55. The molecule has 0 aromatic heterocycles. The van der Waals surface area contributed by atoms with Crippen LogP contribution >= 0.6 is 0 Å². The van der Waals surface area contributed by atoms with E-state index in [1.165, 1.54) is 0 Å². The van der Waals surface area contributed by atoms with Gasteiger partial charge in [-0.1, -0.05) is 6.92 Å². The predicted molar refractivity (Wildman–Crippen MR) is 38.5 cm³/mol. The zero-order valence-electron chi connectivity index (χ0n) is 6.69. The van der Waals surface area contributed by atoms with Gasteiger partial charge in [0.05, 0.1) is 0 Å². The van der Waals surface area contributed by atoms with Gasteiger partial charge in [-0.25, -0.2) is 8.78 Å². The number of halogens is 2. The lowest BCUT2D eigenvalue weighted by Gasteiger charge is -2.33. The van der Waals surface area contributed by atoms with Crippen molar-refractivity contribution in [1.82, 2.24) is 0 Å². The van der Waals surface area contributed by atoms with Gasteiger partial charge in [0, 0.05) is 18.9 Å². The third kappa shape index (κ3) is 1.89. The van der Waals surface area contributed by atoms with Gasteiger partial charge in [-0.15, -0.1) is 0 Å². The van der Waals surface area contributed by atoms with E-state index in [2.05, 4.69) is 0 Å². The predicted octanol–water partition coefficient (Wildman–Crippen LogP) is 2.05. The van der Waals surface area contributed by atoms with E-state index in [1.807, 2.05) is 0 Å². The first-order valence-electron chi connectivity index (χ1n) is 4.05. The summed E-state index contributed by atoms with van der Waals surface area (Å²) >= 11 is 0. The highest BCUT2D eigenvalue weighted by Crippen LogP contribution is 2.40. The normalized spacial score (nSPS) is 37.1. The fourth-order valence-corrected chi connectivity index (χ4v) is 1.54. The second-order valence-electron chi connectivity index (χ2n) is 3.49. The average Bonchev–Trinajstić information content (AvgIpc) is 1.95. The highest BCUT2D eigenvalue weighted by Gasteiger charge is 2.41. The van der Waals surface area contributed by atoms with Crippen LogP contribution in [-0.4, -0.2) is 17.6 Å². The lowest BCUT2D eigenvalue weighted by molar-refractivity contribution is -0.101. The highest BCUT2D eigenvalue weighted by atomic mass is 19.3. The van der Waals surface area contributed by atoms with E-state index in [1.54, 1.807) is 6.92 Å². The molecule has 3 heteroatoms. The molecule has 0 amide bonds. The van der Waals surface area contributed by atoms with Crippen molar-refractivity contribution in [2.45, 2.75) is 32.1 Å². The van der Waals surface area contributed by atoms with Crippen LogP contribution in [0.1, 0.15) is 26.2 Å². The smallest absolute Gasteiger partial charge is 0.251 e. The Morgan fingerprint density at radius 3 is 2.55 bits per heavy atom. The molecule has 0 aromatic carbocycles. The summed E-state index contributed by atoms with van der Waals surface area (Å²) in [4.78, 5) is 0. The number of aliphatic hydroxyl groups is 1. The van der Waals surface area contributed by atoms with E-state index in [9.17, 15) is 8.78 Å². The van der Waals surface area contributed by atoms with Gasteiger partial charge >= 0.3 is 0 Å². The van der Waals surface area contributed by atoms with E-state index in [0.717, 1.165) is 6.42 Å². The minimum atomic E-state index is -2.55. The van der Waals surface area contributed by atoms with Crippen LogP contribution in [0, 0.1) is 11.8 Å². The van der Waals surface area contributed by atoms with Gasteiger partial charge in [0.1, 0.15) is 0 Å². The van der Waals surface area contributed by atoms with E-state index in [-0.39, 0.29) is 18.9 Å². The third-order valence-electron chi connectivity index (χ3n) is 2.55. The molecule has 1 aliphatic rings. The van der Waals surface area contributed by atoms with Crippen molar-refractivity contribution >= 4 is 0 Å². The van der Waals surface area contributed by atoms with Gasteiger partial charge in [-0.3, -0.25) is 0 Å². The minimum absolute atomic E-state index is 0.0949. The van der Waals surface area contributed by atoms with Crippen LogP contribution in [-0.2, 0) is 0 Å². The molecule has 2 atom stereocenters. The van der Waals surface area contributed by atoms with Crippen LogP contribution in [0.25, 0.3) is 0 Å². The number of hydrogen-bond acceptors (Lipinski definition) is 1. The molecule has 0 heterocycles. The molecule has 1 fully saturated rings. The van der Waals surface area contributed by atoms with Crippen molar-refractivity contribution in [3.05, 3.63) is 0 Å². The van der Waals surface area contributed by atoms with E-state index in [0.29, 0.717) is 6.42 Å². The van der Waals surface area contributed by atoms with Crippen LogP contribution < -0.4 is 0 Å². The number of hydrogen-bond donors (Lipinski definition) is 1. The molecular formula is C8H14F2O. The summed E-state index contributed by atoms with van der Waals surface area (Å²) in [6.45, 7) is 1.48. The maximum Gasteiger partial charge on any atom is 0.251 e. The van der Waals surface area contributed by atoms with Crippen molar-refractivity contribution in [1.29, 1.82) is 0 Å². The molecule has 0 aromatic rings. The topological polar surface area (TPSA) is 20.2 Å². The molecule has 1 N–H and O–H groups in total. The maximum atomic E-state index is 12.9. The molecule has 1 aliphatic carbocycles. The highest BCUT2D eigenvalue weighted by molar-refractivity contribution is 4.83. The van der Waals surface area contributed by atoms with Crippen LogP contribution in [0.15, 0.2) is 0 Å². The second-order valence-corrected chi connectivity index (χ2v) is 3.49. The van der Waals surface area contributed by atoms with Gasteiger partial charge < -0.3 is 5.11 Å². The summed E-state index contributed by atoms with van der Waals surface area (Å²) in [5.74, 6) is -3.24. The van der Waals surface area contributed by atoms with Gasteiger partial charge in [0.2, 0.25) is 0 Å². The molecular weight excluding hydrogens is 150 g/mol. The summed E-state index contributed by atoms with van der Waals surface area (Å²) in [6, 6.07) is 0. The van der Waals surface area contributed by atoms with Crippen molar-refractivity contribution in [3.63, 3.8) is 0 Å². The number of rotatable bonds is 1. The summed E-state index contributed by atoms with van der Waals surface area (Å²) < 4.78 is 25.8. The second kappa shape index (κ2) is 3.05. The zero-order chi connectivity index (χ0) is 8.48. The first kappa shape index (κ1) is 8.91.